The summed E-state index contributed by atoms with van der Waals surface area (Å²) in [6.07, 6.45) is 2.21. The molecule has 0 radical (unpaired) electrons. The maximum atomic E-state index is 11.6. The zero-order valence-corrected chi connectivity index (χ0v) is 10.5. The Kier molecular flexibility index (Phi) is 5.79. The number of hydrogen-bond donors (Lipinski definition) is 0. The van der Waals surface area contributed by atoms with Gasteiger partial charge < -0.3 is 0 Å². The van der Waals surface area contributed by atoms with Gasteiger partial charge in [0.25, 0.3) is 0 Å². The molecule has 0 saturated heterocycles. The van der Waals surface area contributed by atoms with E-state index < -0.39 is 10.8 Å². The summed E-state index contributed by atoms with van der Waals surface area (Å²) in [6.45, 7) is 2.02. The third-order valence-electron chi connectivity index (χ3n) is 2.00. The van der Waals surface area contributed by atoms with Crippen molar-refractivity contribution in [2.75, 3.05) is 11.5 Å². The zero-order valence-electron chi connectivity index (χ0n) is 8.90. The van der Waals surface area contributed by atoms with E-state index in [0.29, 0.717) is 12.2 Å². The molecule has 0 saturated carbocycles. The van der Waals surface area contributed by atoms with Gasteiger partial charge in [0.05, 0.1) is 4.88 Å². The van der Waals surface area contributed by atoms with E-state index in [1.54, 1.807) is 0 Å². The van der Waals surface area contributed by atoms with Crippen LogP contribution in [0.15, 0.2) is 17.5 Å². The largest absolute Gasteiger partial charge is 0.293 e. The molecule has 1 heterocycles. The van der Waals surface area contributed by atoms with E-state index in [4.69, 9.17) is 0 Å². The highest BCUT2D eigenvalue weighted by Crippen LogP contribution is 2.12. The molecule has 4 heteroatoms. The number of carbonyl (C=O) groups excluding carboxylic acids is 1. The second kappa shape index (κ2) is 6.90. The highest BCUT2D eigenvalue weighted by Gasteiger charge is 2.07. The van der Waals surface area contributed by atoms with Gasteiger partial charge in [-0.3, -0.25) is 9.00 Å². The fourth-order valence-corrected chi connectivity index (χ4v) is 3.10. The maximum absolute atomic E-state index is 11.6. The van der Waals surface area contributed by atoms with Gasteiger partial charge in [0.1, 0.15) is 0 Å². The van der Waals surface area contributed by atoms with E-state index in [1.165, 1.54) is 11.3 Å². The molecule has 0 bridgehead atoms. The van der Waals surface area contributed by atoms with Crippen LogP contribution < -0.4 is 0 Å². The predicted molar refractivity (Wildman–Crippen MR) is 66.1 cm³/mol. The van der Waals surface area contributed by atoms with E-state index in [-0.39, 0.29) is 5.78 Å². The highest BCUT2D eigenvalue weighted by atomic mass is 32.2. The summed E-state index contributed by atoms with van der Waals surface area (Å²) in [7, 11) is -0.732. The molecular formula is C11H16O2S2. The molecule has 1 unspecified atom stereocenters. The molecule has 1 aromatic heterocycles. The van der Waals surface area contributed by atoms with Gasteiger partial charge in [0.2, 0.25) is 0 Å². The smallest absolute Gasteiger partial charge is 0.172 e. The van der Waals surface area contributed by atoms with E-state index in [9.17, 15) is 9.00 Å². The Morgan fingerprint density at radius 1 is 1.47 bits per heavy atom. The Morgan fingerprint density at radius 3 is 2.87 bits per heavy atom. The molecule has 1 aromatic rings. The van der Waals surface area contributed by atoms with E-state index >= 15 is 0 Å². The molecule has 0 aliphatic carbocycles. The number of hydrogen-bond acceptors (Lipinski definition) is 3. The number of rotatable bonds is 7. The van der Waals surface area contributed by atoms with Gasteiger partial charge in [-0.2, -0.15) is 0 Å². The van der Waals surface area contributed by atoms with Gasteiger partial charge in [-0.05, 0) is 24.3 Å². The van der Waals surface area contributed by atoms with Crippen molar-refractivity contribution >= 4 is 27.9 Å². The minimum absolute atomic E-state index is 0.179. The minimum Gasteiger partial charge on any atom is -0.293 e. The molecule has 0 aromatic carbocycles. The van der Waals surface area contributed by atoms with Crippen molar-refractivity contribution < 1.29 is 9.00 Å². The average Bonchev–Trinajstić information content (AvgIpc) is 2.70. The standard InChI is InChI=1S/C11H16O2S2/c1-2-8-15(13)9-4-5-10(12)11-6-3-7-14-11/h3,6-7H,2,4-5,8-9H2,1H3. The second-order valence-electron chi connectivity index (χ2n) is 3.35. The third kappa shape index (κ3) is 4.71. The summed E-state index contributed by atoms with van der Waals surface area (Å²) in [6, 6.07) is 3.73. The lowest BCUT2D eigenvalue weighted by Crippen LogP contribution is -2.04. The summed E-state index contributed by atoms with van der Waals surface area (Å²) >= 11 is 1.47. The van der Waals surface area contributed by atoms with Gasteiger partial charge in [-0.15, -0.1) is 11.3 Å². The number of ketones is 1. The first kappa shape index (κ1) is 12.6. The van der Waals surface area contributed by atoms with Gasteiger partial charge in [0.15, 0.2) is 5.78 Å². The lowest BCUT2D eigenvalue weighted by Gasteiger charge is -1.99. The minimum atomic E-state index is -0.732. The van der Waals surface area contributed by atoms with Gasteiger partial charge in [0, 0.05) is 28.7 Å². The highest BCUT2D eigenvalue weighted by molar-refractivity contribution is 7.84. The summed E-state index contributed by atoms with van der Waals surface area (Å²) in [5.41, 5.74) is 0. The molecular weight excluding hydrogens is 228 g/mol. The Bertz CT molecular complexity index is 317. The van der Waals surface area contributed by atoms with E-state index in [0.717, 1.165) is 23.5 Å². The van der Waals surface area contributed by atoms with Crippen molar-refractivity contribution in [2.45, 2.75) is 26.2 Å². The molecule has 0 fully saturated rings. The van der Waals surface area contributed by atoms with Crippen molar-refractivity contribution in [3.63, 3.8) is 0 Å². The van der Waals surface area contributed by atoms with Crippen molar-refractivity contribution in [1.29, 1.82) is 0 Å². The lowest BCUT2D eigenvalue weighted by molar-refractivity contribution is 0.0986. The summed E-state index contributed by atoms with van der Waals surface area (Å²) in [5, 5.41) is 1.91. The fourth-order valence-electron chi connectivity index (χ4n) is 1.28. The molecule has 84 valence electrons. The molecule has 0 N–H and O–H groups in total. The lowest BCUT2D eigenvalue weighted by atomic mass is 10.2. The van der Waals surface area contributed by atoms with Crippen LogP contribution >= 0.6 is 11.3 Å². The van der Waals surface area contributed by atoms with Crippen LogP contribution in [-0.2, 0) is 10.8 Å². The van der Waals surface area contributed by atoms with Gasteiger partial charge in [-0.25, -0.2) is 0 Å². The van der Waals surface area contributed by atoms with Crippen LogP contribution in [0.5, 0.6) is 0 Å². The molecule has 0 amide bonds. The van der Waals surface area contributed by atoms with Crippen LogP contribution in [0, 0.1) is 0 Å². The van der Waals surface area contributed by atoms with Crippen molar-refractivity contribution in [1.82, 2.24) is 0 Å². The maximum Gasteiger partial charge on any atom is 0.172 e. The number of carbonyl (C=O) groups is 1. The van der Waals surface area contributed by atoms with Crippen molar-refractivity contribution in [2.24, 2.45) is 0 Å². The molecule has 0 spiro atoms. The van der Waals surface area contributed by atoms with Crippen LogP contribution in [-0.4, -0.2) is 21.5 Å². The zero-order chi connectivity index (χ0) is 11.1. The van der Waals surface area contributed by atoms with Crippen LogP contribution in [0.4, 0.5) is 0 Å². The van der Waals surface area contributed by atoms with Crippen LogP contribution in [0.25, 0.3) is 0 Å². The Labute approximate surface area is 97.2 Å². The normalized spacial score (nSPS) is 12.6. The Morgan fingerprint density at radius 2 is 2.27 bits per heavy atom. The number of Topliss-reactive ketones (excluding diaryl/α,β-unsaturated/α-hetero) is 1. The van der Waals surface area contributed by atoms with Crippen molar-refractivity contribution in [3.05, 3.63) is 22.4 Å². The Balaban J connectivity index is 2.21. The van der Waals surface area contributed by atoms with E-state index in [1.807, 2.05) is 24.4 Å². The first-order valence-corrected chi connectivity index (χ1v) is 7.52. The molecule has 15 heavy (non-hydrogen) atoms. The van der Waals surface area contributed by atoms with Crippen LogP contribution in [0.3, 0.4) is 0 Å². The quantitative estimate of drug-likeness (QED) is 0.691. The molecule has 1 atom stereocenters. The van der Waals surface area contributed by atoms with Crippen LogP contribution in [0.2, 0.25) is 0 Å². The second-order valence-corrected chi connectivity index (χ2v) is 6.00. The molecule has 1 rings (SSSR count). The van der Waals surface area contributed by atoms with Gasteiger partial charge >= 0.3 is 0 Å². The fraction of sp³-hybridized carbons (Fsp3) is 0.545. The number of thiophene rings is 1. The summed E-state index contributed by atoms with van der Waals surface area (Å²) in [4.78, 5) is 12.4. The van der Waals surface area contributed by atoms with Crippen molar-refractivity contribution in [3.8, 4) is 0 Å². The molecule has 0 aliphatic heterocycles. The monoisotopic (exact) mass is 244 g/mol. The molecule has 0 aliphatic rings. The topological polar surface area (TPSA) is 34.1 Å². The average molecular weight is 244 g/mol. The summed E-state index contributed by atoms with van der Waals surface area (Å²) < 4.78 is 11.3. The van der Waals surface area contributed by atoms with Crippen LogP contribution in [0.1, 0.15) is 35.9 Å². The van der Waals surface area contributed by atoms with E-state index in [2.05, 4.69) is 0 Å². The first-order chi connectivity index (χ1) is 7.24. The van der Waals surface area contributed by atoms with Gasteiger partial charge in [-0.1, -0.05) is 13.0 Å². The summed E-state index contributed by atoms with van der Waals surface area (Å²) in [5.74, 6) is 1.59. The third-order valence-corrected chi connectivity index (χ3v) is 4.52. The first-order valence-electron chi connectivity index (χ1n) is 5.15. The predicted octanol–water partition coefficient (Wildman–Crippen LogP) is 2.87. The Hall–Kier alpha value is -0.480. The SMILES string of the molecule is CCCS(=O)CCCC(=O)c1cccs1. The molecule has 2 nitrogen and oxygen atoms in total.